The monoisotopic (exact) mass is 267 g/mol. The first-order chi connectivity index (χ1) is 8.58. The zero-order valence-electron chi connectivity index (χ0n) is 10.9. The molecular formula is C14H21NO2S. The second kappa shape index (κ2) is 5.85. The minimum Gasteiger partial charge on any atom is -0.211 e. The Hall–Kier alpha value is -0.870. The lowest BCUT2D eigenvalue weighted by atomic mass is 10.1. The van der Waals surface area contributed by atoms with Gasteiger partial charge in [0.2, 0.25) is 10.0 Å². The highest BCUT2D eigenvalue weighted by molar-refractivity contribution is 7.89. The molecule has 0 radical (unpaired) electrons. The SMILES string of the molecule is Cc1ccc(S(=O)(=O)NCCC2CCCC2)cc1. The van der Waals surface area contributed by atoms with E-state index in [0.29, 0.717) is 17.4 Å². The van der Waals surface area contributed by atoms with Crippen LogP contribution in [0.2, 0.25) is 0 Å². The molecule has 3 nitrogen and oxygen atoms in total. The number of benzene rings is 1. The second-order valence-corrected chi connectivity index (χ2v) is 6.92. The van der Waals surface area contributed by atoms with Gasteiger partial charge < -0.3 is 0 Å². The van der Waals surface area contributed by atoms with Crippen LogP contribution in [0.5, 0.6) is 0 Å². The summed E-state index contributed by atoms with van der Waals surface area (Å²) in [6.45, 7) is 2.50. The molecular weight excluding hydrogens is 246 g/mol. The predicted octanol–water partition coefficient (Wildman–Crippen LogP) is 2.85. The molecule has 0 heterocycles. The molecule has 0 unspecified atom stereocenters. The van der Waals surface area contributed by atoms with E-state index in [1.165, 1.54) is 25.7 Å². The standard InChI is InChI=1S/C14H21NO2S/c1-12-6-8-14(9-7-12)18(16,17)15-11-10-13-4-2-3-5-13/h6-9,13,15H,2-5,10-11H2,1H3. The zero-order chi connectivity index (χ0) is 13.0. The quantitative estimate of drug-likeness (QED) is 0.891. The highest BCUT2D eigenvalue weighted by Crippen LogP contribution is 2.27. The number of hydrogen-bond donors (Lipinski definition) is 1. The molecule has 1 aliphatic rings. The summed E-state index contributed by atoms with van der Waals surface area (Å²) in [6.07, 6.45) is 6.08. The van der Waals surface area contributed by atoms with Crippen LogP contribution in [0.15, 0.2) is 29.2 Å². The molecule has 1 aromatic carbocycles. The van der Waals surface area contributed by atoms with Gasteiger partial charge in [-0.25, -0.2) is 13.1 Å². The van der Waals surface area contributed by atoms with Crippen LogP contribution in [-0.2, 0) is 10.0 Å². The van der Waals surface area contributed by atoms with Crippen LogP contribution in [0.4, 0.5) is 0 Å². The molecule has 1 N–H and O–H groups in total. The van der Waals surface area contributed by atoms with Gasteiger partial charge in [0, 0.05) is 6.54 Å². The number of rotatable bonds is 5. The molecule has 0 aromatic heterocycles. The van der Waals surface area contributed by atoms with Crippen LogP contribution < -0.4 is 4.72 Å². The van der Waals surface area contributed by atoms with Crippen molar-refractivity contribution in [1.82, 2.24) is 4.72 Å². The third kappa shape index (κ3) is 3.56. The van der Waals surface area contributed by atoms with Crippen LogP contribution in [0.25, 0.3) is 0 Å². The Bertz CT molecular complexity index is 473. The van der Waals surface area contributed by atoms with Crippen LogP contribution in [0.3, 0.4) is 0 Å². The van der Waals surface area contributed by atoms with E-state index in [0.717, 1.165) is 12.0 Å². The maximum absolute atomic E-state index is 12.0. The Kier molecular flexibility index (Phi) is 4.40. The van der Waals surface area contributed by atoms with Gasteiger partial charge in [-0.1, -0.05) is 43.4 Å². The summed E-state index contributed by atoms with van der Waals surface area (Å²) in [7, 11) is -3.32. The third-order valence-corrected chi connectivity index (χ3v) is 5.13. The molecule has 0 spiro atoms. The first-order valence-electron chi connectivity index (χ1n) is 6.64. The van der Waals surface area contributed by atoms with Crippen molar-refractivity contribution in [2.75, 3.05) is 6.54 Å². The van der Waals surface area contributed by atoms with E-state index in [-0.39, 0.29) is 0 Å². The van der Waals surface area contributed by atoms with Gasteiger partial charge in [0.25, 0.3) is 0 Å². The largest absolute Gasteiger partial charge is 0.240 e. The molecule has 0 atom stereocenters. The summed E-state index contributed by atoms with van der Waals surface area (Å²) in [4.78, 5) is 0.361. The van der Waals surface area contributed by atoms with Gasteiger partial charge in [-0.05, 0) is 31.4 Å². The van der Waals surface area contributed by atoms with E-state index in [2.05, 4.69) is 4.72 Å². The molecule has 0 aliphatic heterocycles. The molecule has 100 valence electrons. The fourth-order valence-electron chi connectivity index (χ4n) is 2.50. The van der Waals surface area contributed by atoms with E-state index in [1.807, 2.05) is 19.1 Å². The van der Waals surface area contributed by atoms with E-state index in [4.69, 9.17) is 0 Å². The van der Waals surface area contributed by atoms with Crippen molar-refractivity contribution in [3.05, 3.63) is 29.8 Å². The lowest BCUT2D eigenvalue weighted by molar-refractivity contribution is 0.495. The van der Waals surface area contributed by atoms with Crippen molar-refractivity contribution in [3.63, 3.8) is 0 Å². The van der Waals surface area contributed by atoms with E-state index in [9.17, 15) is 8.42 Å². The molecule has 2 rings (SSSR count). The van der Waals surface area contributed by atoms with Crippen LogP contribution >= 0.6 is 0 Å². The van der Waals surface area contributed by atoms with Crippen LogP contribution in [-0.4, -0.2) is 15.0 Å². The van der Waals surface area contributed by atoms with Crippen LogP contribution in [0.1, 0.15) is 37.7 Å². The zero-order valence-corrected chi connectivity index (χ0v) is 11.7. The maximum atomic E-state index is 12.0. The van der Waals surface area contributed by atoms with Crippen molar-refractivity contribution in [2.24, 2.45) is 5.92 Å². The first kappa shape index (κ1) is 13.6. The fraction of sp³-hybridized carbons (Fsp3) is 0.571. The summed E-state index contributed by atoms with van der Waals surface area (Å²) in [5.74, 6) is 0.714. The second-order valence-electron chi connectivity index (χ2n) is 5.15. The Balaban J connectivity index is 1.88. The normalized spacial score (nSPS) is 17.2. The summed E-state index contributed by atoms with van der Waals surface area (Å²) < 4.78 is 26.7. The third-order valence-electron chi connectivity index (χ3n) is 3.65. The highest BCUT2D eigenvalue weighted by Gasteiger charge is 2.17. The van der Waals surface area contributed by atoms with Gasteiger partial charge in [0.15, 0.2) is 0 Å². The van der Waals surface area contributed by atoms with Crippen LogP contribution in [0, 0.1) is 12.8 Å². The van der Waals surface area contributed by atoms with Gasteiger partial charge >= 0.3 is 0 Å². The Labute approximate surface area is 110 Å². The smallest absolute Gasteiger partial charge is 0.211 e. The molecule has 0 bridgehead atoms. The van der Waals surface area contributed by atoms with Crippen molar-refractivity contribution >= 4 is 10.0 Å². The minimum absolute atomic E-state index is 0.361. The van der Waals surface area contributed by atoms with E-state index >= 15 is 0 Å². The number of nitrogens with one attached hydrogen (secondary N) is 1. The molecule has 18 heavy (non-hydrogen) atoms. The van der Waals surface area contributed by atoms with E-state index < -0.39 is 10.0 Å². The first-order valence-corrected chi connectivity index (χ1v) is 8.12. The van der Waals surface area contributed by atoms with Gasteiger partial charge in [-0.3, -0.25) is 0 Å². The molecule has 0 saturated heterocycles. The van der Waals surface area contributed by atoms with Gasteiger partial charge in [0.1, 0.15) is 0 Å². The molecule has 1 fully saturated rings. The van der Waals surface area contributed by atoms with Crippen molar-refractivity contribution in [1.29, 1.82) is 0 Å². The Morgan fingerprint density at radius 3 is 2.39 bits per heavy atom. The maximum Gasteiger partial charge on any atom is 0.240 e. The average Bonchev–Trinajstić information content (AvgIpc) is 2.82. The molecule has 0 amide bonds. The fourth-order valence-corrected chi connectivity index (χ4v) is 3.54. The molecule has 4 heteroatoms. The van der Waals surface area contributed by atoms with Gasteiger partial charge in [0.05, 0.1) is 4.90 Å². The summed E-state index contributed by atoms with van der Waals surface area (Å²) in [5, 5.41) is 0. The lowest BCUT2D eigenvalue weighted by Crippen LogP contribution is -2.25. The van der Waals surface area contributed by atoms with Gasteiger partial charge in [-0.15, -0.1) is 0 Å². The highest BCUT2D eigenvalue weighted by atomic mass is 32.2. The van der Waals surface area contributed by atoms with E-state index in [1.54, 1.807) is 12.1 Å². The van der Waals surface area contributed by atoms with Gasteiger partial charge in [-0.2, -0.15) is 0 Å². The summed E-state index contributed by atoms with van der Waals surface area (Å²) >= 11 is 0. The molecule has 1 saturated carbocycles. The Morgan fingerprint density at radius 1 is 1.17 bits per heavy atom. The summed E-state index contributed by atoms with van der Waals surface area (Å²) in [5.41, 5.74) is 1.07. The predicted molar refractivity (Wildman–Crippen MR) is 72.9 cm³/mol. The number of aryl methyl sites for hydroxylation is 1. The number of hydrogen-bond acceptors (Lipinski definition) is 2. The number of sulfonamides is 1. The Morgan fingerprint density at radius 2 is 1.78 bits per heavy atom. The molecule has 1 aromatic rings. The van der Waals surface area contributed by atoms with Crippen molar-refractivity contribution in [2.45, 2.75) is 43.9 Å². The topological polar surface area (TPSA) is 46.2 Å². The van der Waals surface area contributed by atoms with Crippen molar-refractivity contribution < 1.29 is 8.42 Å². The minimum atomic E-state index is -3.32. The molecule has 1 aliphatic carbocycles. The van der Waals surface area contributed by atoms with Crippen molar-refractivity contribution in [3.8, 4) is 0 Å². The lowest BCUT2D eigenvalue weighted by Gasteiger charge is -2.10. The summed E-state index contributed by atoms with van der Waals surface area (Å²) in [6, 6.07) is 6.97. The average molecular weight is 267 g/mol.